The van der Waals surface area contributed by atoms with Gasteiger partial charge in [-0.2, -0.15) is 9.78 Å². The van der Waals surface area contributed by atoms with Crippen molar-refractivity contribution in [1.82, 2.24) is 20.3 Å². The Morgan fingerprint density at radius 2 is 2.10 bits per heavy atom. The molecule has 0 aliphatic heterocycles. The Morgan fingerprint density at radius 3 is 2.73 bits per heavy atom. The lowest BCUT2D eigenvalue weighted by Gasteiger charge is -2.12. The number of nitrogens with zero attached hydrogens (tertiary/aromatic N) is 3. The van der Waals surface area contributed by atoms with E-state index in [9.17, 15) is 14.7 Å². The third-order valence-corrected chi connectivity index (χ3v) is 5.10. The number of rotatable bonds is 6. The van der Waals surface area contributed by atoms with Crippen LogP contribution >= 0.6 is 0 Å². The van der Waals surface area contributed by atoms with Crippen molar-refractivity contribution in [1.29, 1.82) is 0 Å². The number of carbonyl (C=O) groups excluding carboxylic acids is 2. The molecule has 1 aliphatic rings. The average molecular weight is 409 g/mol. The second kappa shape index (κ2) is 8.02. The second-order valence-corrected chi connectivity index (χ2v) is 7.46. The van der Waals surface area contributed by atoms with E-state index < -0.39 is 5.91 Å². The van der Waals surface area contributed by atoms with Crippen LogP contribution in [0.15, 0.2) is 41.1 Å². The fraction of sp³-hybridized carbons (Fsp3) is 0.333. The van der Waals surface area contributed by atoms with E-state index in [-0.39, 0.29) is 23.6 Å². The van der Waals surface area contributed by atoms with Crippen LogP contribution < -0.4 is 10.6 Å². The molecule has 0 radical (unpaired) electrons. The van der Waals surface area contributed by atoms with Crippen LogP contribution in [-0.4, -0.2) is 38.0 Å². The maximum Gasteiger partial charge on any atom is 0.342 e. The molecule has 9 heteroatoms. The van der Waals surface area contributed by atoms with E-state index in [4.69, 9.17) is 4.52 Å². The molecule has 0 saturated heterocycles. The first kappa shape index (κ1) is 19.7. The number of hydrogen-bond acceptors (Lipinski definition) is 6. The maximum absolute atomic E-state index is 12.6. The normalized spacial score (nSPS) is 14.3. The van der Waals surface area contributed by atoms with Gasteiger partial charge in [0.2, 0.25) is 5.76 Å². The molecule has 4 rings (SSSR count). The van der Waals surface area contributed by atoms with Crippen molar-refractivity contribution in [3.8, 4) is 17.0 Å². The smallest absolute Gasteiger partial charge is 0.342 e. The minimum absolute atomic E-state index is 0.0397. The fourth-order valence-corrected chi connectivity index (χ4v) is 3.09. The number of phenols is 1. The van der Waals surface area contributed by atoms with E-state index in [2.05, 4.69) is 20.9 Å². The minimum Gasteiger partial charge on any atom is -0.507 e. The first-order chi connectivity index (χ1) is 14.5. The van der Waals surface area contributed by atoms with Crippen LogP contribution in [0.4, 0.5) is 10.5 Å². The average Bonchev–Trinajstić information content (AvgIpc) is 3.24. The summed E-state index contributed by atoms with van der Waals surface area (Å²) in [6, 6.07) is 7.79. The van der Waals surface area contributed by atoms with Crippen molar-refractivity contribution in [3.63, 3.8) is 0 Å². The lowest BCUT2D eigenvalue weighted by Crippen LogP contribution is -2.36. The Balaban J connectivity index is 1.58. The summed E-state index contributed by atoms with van der Waals surface area (Å²) in [5.74, 6) is -0.156. The lowest BCUT2D eigenvalue weighted by molar-refractivity contribution is 0.0988. The topological polar surface area (TPSA) is 122 Å². The SMILES string of the molecule is CCC(C)NC(=O)n1nc(-c2ccc(NC(=O)c3ccno3)cc2O)cc1C1CC1. The van der Waals surface area contributed by atoms with Crippen LogP contribution in [0.5, 0.6) is 5.75 Å². The Bertz CT molecular complexity index is 1070. The minimum atomic E-state index is -0.471. The van der Waals surface area contributed by atoms with E-state index in [1.165, 1.54) is 23.0 Å². The summed E-state index contributed by atoms with van der Waals surface area (Å²) in [5.41, 5.74) is 2.22. The number of amides is 2. The fourth-order valence-electron chi connectivity index (χ4n) is 3.09. The van der Waals surface area contributed by atoms with Crippen LogP contribution in [0.25, 0.3) is 11.3 Å². The third-order valence-electron chi connectivity index (χ3n) is 5.10. The van der Waals surface area contributed by atoms with Crippen LogP contribution in [-0.2, 0) is 0 Å². The number of phenolic OH excluding ortho intramolecular Hbond substituents is 1. The van der Waals surface area contributed by atoms with E-state index in [0.29, 0.717) is 22.9 Å². The summed E-state index contributed by atoms with van der Waals surface area (Å²) in [4.78, 5) is 24.7. The highest BCUT2D eigenvalue weighted by molar-refractivity contribution is 6.02. The van der Waals surface area contributed by atoms with Crippen molar-refractivity contribution in [2.45, 2.75) is 45.1 Å². The van der Waals surface area contributed by atoms with Gasteiger partial charge in [0.15, 0.2) is 0 Å². The molecule has 1 aromatic carbocycles. The van der Waals surface area contributed by atoms with Crippen LogP contribution in [0.1, 0.15) is 55.3 Å². The zero-order valence-corrected chi connectivity index (χ0v) is 16.8. The van der Waals surface area contributed by atoms with Gasteiger partial charge in [-0.1, -0.05) is 12.1 Å². The Labute approximate surface area is 173 Å². The van der Waals surface area contributed by atoms with E-state index in [0.717, 1.165) is 25.0 Å². The van der Waals surface area contributed by atoms with Crippen molar-refractivity contribution < 1.29 is 19.2 Å². The van der Waals surface area contributed by atoms with Gasteiger partial charge in [-0.15, -0.1) is 0 Å². The predicted molar refractivity (Wildman–Crippen MR) is 109 cm³/mol. The Morgan fingerprint density at radius 1 is 1.30 bits per heavy atom. The van der Waals surface area contributed by atoms with Crippen LogP contribution in [0.3, 0.4) is 0 Å². The Kier molecular flexibility index (Phi) is 5.26. The van der Waals surface area contributed by atoms with Crippen LogP contribution in [0.2, 0.25) is 0 Å². The third kappa shape index (κ3) is 4.05. The summed E-state index contributed by atoms with van der Waals surface area (Å²) in [6.45, 7) is 3.94. The van der Waals surface area contributed by atoms with Crippen LogP contribution in [0, 0.1) is 0 Å². The molecule has 1 fully saturated rings. The predicted octanol–water partition coefficient (Wildman–Crippen LogP) is 3.73. The van der Waals surface area contributed by atoms with E-state index >= 15 is 0 Å². The highest BCUT2D eigenvalue weighted by Gasteiger charge is 2.31. The van der Waals surface area contributed by atoms with Gasteiger partial charge in [0.1, 0.15) is 5.75 Å². The van der Waals surface area contributed by atoms with Gasteiger partial charge in [-0.05, 0) is 44.4 Å². The molecule has 1 aliphatic carbocycles. The molecule has 3 N–H and O–H groups in total. The molecule has 1 saturated carbocycles. The molecule has 9 nitrogen and oxygen atoms in total. The number of nitrogens with one attached hydrogen (secondary N) is 2. The van der Waals surface area contributed by atoms with Crippen molar-refractivity contribution in [2.24, 2.45) is 0 Å². The van der Waals surface area contributed by atoms with Gasteiger partial charge in [0.25, 0.3) is 5.91 Å². The number of anilines is 1. The van der Waals surface area contributed by atoms with Gasteiger partial charge < -0.3 is 20.3 Å². The Hall–Kier alpha value is -3.62. The molecule has 2 aromatic heterocycles. The highest BCUT2D eigenvalue weighted by atomic mass is 16.5. The number of aromatic nitrogens is 3. The molecule has 1 atom stereocenters. The number of benzene rings is 1. The first-order valence-electron chi connectivity index (χ1n) is 9.92. The molecular formula is C21H23N5O4. The number of hydrogen-bond donors (Lipinski definition) is 3. The van der Waals surface area contributed by atoms with E-state index in [1.807, 2.05) is 19.9 Å². The molecule has 3 aromatic rings. The van der Waals surface area contributed by atoms with Crippen molar-refractivity contribution in [3.05, 3.63) is 48.0 Å². The molecule has 2 amide bonds. The molecule has 1 unspecified atom stereocenters. The lowest BCUT2D eigenvalue weighted by atomic mass is 10.1. The summed E-state index contributed by atoms with van der Waals surface area (Å²) >= 11 is 0. The number of aromatic hydroxyl groups is 1. The van der Waals surface area contributed by atoms with Crippen molar-refractivity contribution in [2.75, 3.05) is 5.32 Å². The van der Waals surface area contributed by atoms with Crippen molar-refractivity contribution >= 4 is 17.6 Å². The summed E-state index contributed by atoms with van der Waals surface area (Å²) < 4.78 is 6.22. The summed E-state index contributed by atoms with van der Waals surface area (Å²) in [5, 5.41) is 24.0. The van der Waals surface area contributed by atoms with Gasteiger partial charge in [-0.3, -0.25) is 4.79 Å². The monoisotopic (exact) mass is 409 g/mol. The first-order valence-corrected chi connectivity index (χ1v) is 9.92. The van der Waals surface area contributed by atoms with Gasteiger partial charge in [0, 0.05) is 35.3 Å². The largest absolute Gasteiger partial charge is 0.507 e. The van der Waals surface area contributed by atoms with Gasteiger partial charge >= 0.3 is 6.03 Å². The van der Waals surface area contributed by atoms with E-state index in [1.54, 1.807) is 12.1 Å². The molecule has 156 valence electrons. The molecule has 30 heavy (non-hydrogen) atoms. The van der Waals surface area contributed by atoms with Gasteiger partial charge in [-0.25, -0.2) is 4.79 Å². The molecule has 2 heterocycles. The quantitative estimate of drug-likeness (QED) is 0.570. The standard InChI is InChI=1S/C21H23N5O4/c1-3-12(2)23-21(29)26-17(13-4-5-13)11-16(25-26)15-7-6-14(10-18(15)27)24-20(28)19-8-9-22-30-19/h6-13,27H,3-5H2,1-2H3,(H,23,29)(H,24,28). The zero-order chi connectivity index (χ0) is 21.3. The second-order valence-electron chi connectivity index (χ2n) is 7.46. The molecular weight excluding hydrogens is 386 g/mol. The maximum atomic E-state index is 12.6. The molecule has 0 bridgehead atoms. The summed E-state index contributed by atoms with van der Waals surface area (Å²) in [6.07, 6.45) is 4.22. The number of carbonyl (C=O) groups is 2. The highest BCUT2D eigenvalue weighted by Crippen LogP contribution is 2.42. The summed E-state index contributed by atoms with van der Waals surface area (Å²) in [7, 11) is 0. The van der Waals surface area contributed by atoms with Gasteiger partial charge in [0.05, 0.1) is 17.6 Å². The molecule has 0 spiro atoms. The zero-order valence-electron chi connectivity index (χ0n) is 16.8.